The molecular formula is C13H18N2O2. The van der Waals surface area contributed by atoms with Crippen molar-refractivity contribution in [2.75, 3.05) is 27.2 Å². The van der Waals surface area contributed by atoms with E-state index in [2.05, 4.69) is 10.1 Å². The van der Waals surface area contributed by atoms with Crippen molar-refractivity contribution in [3.8, 4) is 5.75 Å². The first kappa shape index (κ1) is 11.9. The van der Waals surface area contributed by atoms with Crippen LogP contribution in [0.15, 0.2) is 23.4 Å². The molecule has 17 heavy (non-hydrogen) atoms. The molecule has 4 nitrogen and oxygen atoms in total. The molecule has 0 fully saturated rings. The number of benzene rings is 1. The monoisotopic (exact) mass is 234 g/mol. The van der Waals surface area contributed by atoms with Crippen molar-refractivity contribution >= 4 is 5.71 Å². The minimum atomic E-state index is 0.687. The van der Waals surface area contributed by atoms with E-state index in [4.69, 9.17) is 9.94 Å². The van der Waals surface area contributed by atoms with E-state index in [0.29, 0.717) is 6.61 Å². The van der Waals surface area contributed by atoms with Gasteiger partial charge in [-0.3, -0.25) is 0 Å². The van der Waals surface area contributed by atoms with Crippen LogP contribution >= 0.6 is 0 Å². The summed E-state index contributed by atoms with van der Waals surface area (Å²) in [6.07, 6.45) is 1.74. The molecule has 0 saturated carbocycles. The molecule has 0 aromatic heterocycles. The molecule has 0 bridgehead atoms. The van der Waals surface area contributed by atoms with Crippen molar-refractivity contribution in [3.63, 3.8) is 0 Å². The van der Waals surface area contributed by atoms with Gasteiger partial charge in [0, 0.05) is 12.1 Å². The Morgan fingerprint density at radius 1 is 1.35 bits per heavy atom. The van der Waals surface area contributed by atoms with Crippen LogP contribution in [0.25, 0.3) is 0 Å². The molecule has 0 amide bonds. The van der Waals surface area contributed by atoms with Gasteiger partial charge in [0.05, 0.1) is 5.71 Å². The fraction of sp³-hybridized carbons (Fsp3) is 0.462. The van der Waals surface area contributed by atoms with Gasteiger partial charge >= 0.3 is 0 Å². The second kappa shape index (κ2) is 5.19. The number of nitrogens with zero attached hydrogens (tertiary/aromatic N) is 2. The van der Waals surface area contributed by atoms with Crippen LogP contribution in [0.1, 0.15) is 17.5 Å². The van der Waals surface area contributed by atoms with Crippen molar-refractivity contribution < 1.29 is 9.94 Å². The second-order valence-corrected chi connectivity index (χ2v) is 4.52. The lowest BCUT2D eigenvalue weighted by atomic mass is 10.1. The molecule has 1 aromatic carbocycles. The van der Waals surface area contributed by atoms with Crippen LogP contribution in [0.3, 0.4) is 0 Å². The minimum Gasteiger partial charge on any atom is -0.492 e. The number of hydrogen-bond donors (Lipinski definition) is 1. The molecule has 2 rings (SSSR count). The van der Waals surface area contributed by atoms with E-state index in [1.165, 1.54) is 5.56 Å². The third-order valence-electron chi connectivity index (χ3n) is 2.95. The van der Waals surface area contributed by atoms with Crippen LogP contribution in [0, 0.1) is 0 Å². The van der Waals surface area contributed by atoms with Gasteiger partial charge in [-0.2, -0.15) is 0 Å². The highest BCUT2D eigenvalue weighted by atomic mass is 16.5. The van der Waals surface area contributed by atoms with E-state index in [1.807, 2.05) is 32.3 Å². The van der Waals surface area contributed by atoms with E-state index >= 15 is 0 Å². The van der Waals surface area contributed by atoms with E-state index in [-0.39, 0.29) is 0 Å². The summed E-state index contributed by atoms with van der Waals surface area (Å²) >= 11 is 0. The minimum absolute atomic E-state index is 0.687. The normalized spacial score (nSPS) is 16.5. The largest absolute Gasteiger partial charge is 0.492 e. The van der Waals surface area contributed by atoms with Gasteiger partial charge in [0.1, 0.15) is 12.4 Å². The Hall–Kier alpha value is -1.55. The predicted octanol–water partition coefficient (Wildman–Crippen LogP) is 1.75. The molecule has 0 heterocycles. The highest BCUT2D eigenvalue weighted by Crippen LogP contribution is 2.26. The maximum Gasteiger partial charge on any atom is 0.119 e. The summed E-state index contributed by atoms with van der Waals surface area (Å²) in [4.78, 5) is 2.09. The number of fused-ring (bicyclic) bond motifs is 1. The fourth-order valence-electron chi connectivity index (χ4n) is 1.99. The molecule has 0 unspecified atom stereocenters. The molecule has 4 heteroatoms. The first-order chi connectivity index (χ1) is 8.20. The van der Waals surface area contributed by atoms with E-state index in [1.54, 1.807) is 0 Å². The van der Waals surface area contributed by atoms with Gasteiger partial charge in [-0.05, 0) is 50.7 Å². The van der Waals surface area contributed by atoms with Crippen LogP contribution in [0.2, 0.25) is 0 Å². The molecule has 1 aromatic rings. The van der Waals surface area contributed by atoms with Gasteiger partial charge in [-0.15, -0.1) is 0 Å². The average molecular weight is 234 g/mol. The third-order valence-corrected chi connectivity index (χ3v) is 2.95. The number of aryl methyl sites for hydroxylation is 1. The summed E-state index contributed by atoms with van der Waals surface area (Å²) in [6.45, 7) is 1.59. The number of likely N-dealkylation sites (N-methyl/N-ethyl adjacent to an activating group) is 1. The van der Waals surface area contributed by atoms with Gasteiger partial charge < -0.3 is 14.8 Å². The highest BCUT2D eigenvalue weighted by molar-refractivity contribution is 6.04. The van der Waals surface area contributed by atoms with Crippen molar-refractivity contribution in [3.05, 3.63) is 29.3 Å². The van der Waals surface area contributed by atoms with Crippen molar-refractivity contribution in [2.45, 2.75) is 12.8 Å². The standard InChI is InChI=1S/C13H18N2O2/c1-15(2)7-8-17-11-4-5-12-10(9-11)3-6-13(12)14-16/h4-5,9,16H,3,6-8H2,1-2H3/b14-13+. The molecule has 92 valence electrons. The lowest BCUT2D eigenvalue weighted by Gasteiger charge is -2.11. The van der Waals surface area contributed by atoms with Crippen molar-refractivity contribution in [1.82, 2.24) is 4.90 Å². The Bertz CT molecular complexity index is 427. The number of oxime groups is 1. The SMILES string of the molecule is CN(C)CCOc1ccc2c(c1)CC/C2=N\O. The average Bonchev–Trinajstić information content (AvgIpc) is 2.70. The van der Waals surface area contributed by atoms with Crippen LogP contribution in [-0.2, 0) is 6.42 Å². The Morgan fingerprint density at radius 2 is 2.18 bits per heavy atom. The fourth-order valence-corrected chi connectivity index (χ4v) is 1.99. The van der Waals surface area contributed by atoms with Crippen molar-refractivity contribution in [2.24, 2.45) is 5.16 Å². The topological polar surface area (TPSA) is 45.1 Å². The summed E-state index contributed by atoms with van der Waals surface area (Å²) in [7, 11) is 4.05. The Labute approximate surface area is 101 Å². The van der Waals surface area contributed by atoms with Gasteiger partial charge in [0.2, 0.25) is 0 Å². The highest BCUT2D eigenvalue weighted by Gasteiger charge is 2.18. The third kappa shape index (κ3) is 2.77. The van der Waals surface area contributed by atoms with Crippen LogP contribution in [0.4, 0.5) is 0 Å². The molecule has 0 saturated heterocycles. The van der Waals surface area contributed by atoms with Crippen LogP contribution < -0.4 is 4.74 Å². The lowest BCUT2D eigenvalue weighted by Crippen LogP contribution is -2.19. The summed E-state index contributed by atoms with van der Waals surface area (Å²) < 4.78 is 5.67. The first-order valence-corrected chi connectivity index (χ1v) is 5.82. The Kier molecular flexibility index (Phi) is 3.64. The zero-order valence-electron chi connectivity index (χ0n) is 10.3. The lowest BCUT2D eigenvalue weighted by molar-refractivity contribution is 0.261. The van der Waals surface area contributed by atoms with Crippen LogP contribution in [-0.4, -0.2) is 43.1 Å². The van der Waals surface area contributed by atoms with E-state index < -0.39 is 0 Å². The number of ether oxygens (including phenoxy) is 1. The smallest absolute Gasteiger partial charge is 0.119 e. The Balaban J connectivity index is 2.03. The Morgan fingerprint density at radius 3 is 2.88 bits per heavy atom. The zero-order chi connectivity index (χ0) is 12.3. The molecule has 0 aliphatic heterocycles. The second-order valence-electron chi connectivity index (χ2n) is 4.52. The molecule has 0 radical (unpaired) electrons. The summed E-state index contributed by atoms with van der Waals surface area (Å²) in [6, 6.07) is 5.95. The van der Waals surface area contributed by atoms with Gasteiger partial charge in [0.25, 0.3) is 0 Å². The molecule has 0 atom stereocenters. The molecule has 1 aliphatic carbocycles. The van der Waals surface area contributed by atoms with E-state index in [0.717, 1.165) is 36.4 Å². The quantitative estimate of drug-likeness (QED) is 0.637. The molecule has 1 aliphatic rings. The maximum absolute atomic E-state index is 8.84. The molecule has 0 spiro atoms. The van der Waals surface area contributed by atoms with Gasteiger partial charge in [0.15, 0.2) is 0 Å². The molecule has 1 N–H and O–H groups in total. The summed E-state index contributed by atoms with van der Waals surface area (Å²) in [5, 5.41) is 12.1. The summed E-state index contributed by atoms with van der Waals surface area (Å²) in [5.74, 6) is 0.893. The number of rotatable bonds is 4. The predicted molar refractivity (Wildman–Crippen MR) is 67.1 cm³/mol. The number of hydrogen-bond acceptors (Lipinski definition) is 4. The van der Waals surface area contributed by atoms with Gasteiger partial charge in [-0.1, -0.05) is 5.16 Å². The van der Waals surface area contributed by atoms with E-state index in [9.17, 15) is 0 Å². The first-order valence-electron chi connectivity index (χ1n) is 5.82. The summed E-state index contributed by atoms with van der Waals surface area (Å²) in [5.41, 5.74) is 3.03. The van der Waals surface area contributed by atoms with Gasteiger partial charge in [-0.25, -0.2) is 0 Å². The molecular weight excluding hydrogens is 216 g/mol. The zero-order valence-corrected chi connectivity index (χ0v) is 10.3. The van der Waals surface area contributed by atoms with Crippen molar-refractivity contribution in [1.29, 1.82) is 0 Å². The van der Waals surface area contributed by atoms with Crippen LogP contribution in [0.5, 0.6) is 5.75 Å². The maximum atomic E-state index is 8.84.